The highest BCUT2D eigenvalue weighted by Gasteiger charge is 2.34. The molecule has 0 unspecified atom stereocenters. The Kier molecular flexibility index (Phi) is 6.18. The van der Waals surface area contributed by atoms with Crippen molar-refractivity contribution in [1.82, 2.24) is 5.43 Å². The average molecular weight is 474 g/mol. The third kappa shape index (κ3) is 4.69. The summed E-state index contributed by atoms with van der Waals surface area (Å²) in [4.78, 5) is 25.0. The summed E-state index contributed by atoms with van der Waals surface area (Å²) in [6.07, 6.45) is 1.49. The molecule has 1 N–H and O–H groups in total. The third-order valence-corrected chi connectivity index (χ3v) is 5.45. The molecule has 1 aliphatic rings. The second kappa shape index (κ2) is 9.02. The van der Waals surface area contributed by atoms with Crippen LogP contribution in [0, 0.1) is 0 Å². The summed E-state index contributed by atoms with van der Waals surface area (Å²) < 4.78 is 5.75. The van der Waals surface area contributed by atoms with Crippen molar-refractivity contribution in [2.24, 2.45) is 0 Å². The Hall–Kier alpha value is -2.99. The Balaban J connectivity index is 1.50. The summed E-state index contributed by atoms with van der Waals surface area (Å²) >= 11 is 18.4. The number of para-hydroxylation sites is 1. The minimum atomic E-state index is -0.484. The number of carbonyl (C=O) groups excluding carboxylic acids is 2. The van der Waals surface area contributed by atoms with Crippen LogP contribution in [0.15, 0.2) is 72.3 Å². The summed E-state index contributed by atoms with van der Waals surface area (Å²) in [6, 6.07) is 19.0. The van der Waals surface area contributed by atoms with Crippen LogP contribution in [0.1, 0.15) is 11.1 Å². The highest BCUT2D eigenvalue weighted by atomic mass is 35.5. The zero-order valence-electron chi connectivity index (χ0n) is 15.9. The number of hydrogen-bond donors (Lipinski definition) is 1. The maximum absolute atomic E-state index is 12.7. The Bertz CT molecular complexity index is 1200. The fourth-order valence-electron chi connectivity index (χ4n) is 3.00. The molecule has 1 saturated heterocycles. The fourth-order valence-corrected chi connectivity index (χ4v) is 3.71. The molecule has 1 heterocycles. The molecule has 0 aromatic heterocycles. The molecule has 0 bridgehead atoms. The number of carbonyl (C=O) groups is 2. The molecular formula is C23H15Cl3N2O3. The predicted molar refractivity (Wildman–Crippen MR) is 122 cm³/mol. The van der Waals surface area contributed by atoms with Gasteiger partial charge in [0.25, 0.3) is 11.8 Å². The molecule has 0 spiro atoms. The van der Waals surface area contributed by atoms with Gasteiger partial charge in [-0.1, -0.05) is 65.1 Å². The molecule has 8 heteroatoms. The van der Waals surface area contributed by atoms with Crippen LogP contribution in [0.3, 0.4) is 0 Å². The van der Waals surface area contributed by atoms with Gasteiger partial charge < -0.3 is 4.74 Å². The van der Waals surface area contributed by atoms with Crippen molar-refractivity contribution in [2.75, 3.05) is 5.01 Å². The maximum atomic E-state index is 12.7. The molecule has 3 aromatic rings. The minimum absolute atomic E-state index is 0.0153. The van der Waals surface area contributed by atoms with Crippen LogP contribution in [-0.4, -0.2) is 11.8 Å². The van der Waals surface area contributed by atoms with Gasteiger partial charge >= 0.3 is 0 Å². The fraction of sp³-hybridized carbons (Fsp3) is 0.0435. The number of amides is 2. The smallest absolute Gasteiger partial charge is 0.282 e. The van der Waals surface area contributed by atoms with Gasteiger partial charge in [0.1, 0.15) is 17.9 Å². The van der Waals surface area contributed by atoms with Crippen LogP contribution in [0.25, 0.3) is 6.08 Å². The summed E-state index contributed by atoms with van der Waals surface area (Å²) in [7, 11) is 0. The Morgan fingerprint density at radius 2 is 1.68 bits per heavy atom. The third-order valence-electron chi connectivity index (χ3n) is 4.57. The average Bonchev–Trinajstić information content (AvgIpc) is 3.03. The van der Waals surface area contributed by atoms with Gasteiger partial charge in [0.2, 0.25) is 0 Å². The van der Waals surface area contributed by atoms with Crippen molar-refractivity contribution in [2.45, 2.75) is 6.61 Å². The number of ether oxygens (including phenoxy) is 1. The van der Waals surface area contributed by atoms with Crippen molar-refractivity contribution < 1.29 is 14.3 Å². The van der Waals surface area contributed by atoms with Gasteiger partial charge in [-0.05, 0) is 48.0 Å². The summed E-state index contributed by atoms with van der Waals surface area (Å²) in [6.45, 7) is 0.211. The standard InChI is InChI=1S/C23H15Cl3N2O3/c24-16-8-7-15(19(25)12-16)13-31-21-9-6-14(11-20(21)26)10-18-22(29)27-28(23(18)30)17-4-2-1-3-5-17/h1-12H,13H2,(H,27,29)/b18-10-. The number of anilines is 1. The van der Waals surface area contributed by atoms with E-state index in [4.69, 9.17) is 39.5 Å². The largest absolute Gasteiger partial charge is 0.487 e. The highest BCUT2D eigenvalue weighted by Crippen LogP contribution is 2.29. The number of halogens is 3. The normalized spacial score (nSPS) is 14.8. The summed E-state index contributed by atoms with van der Waals surface area (Å²) in [5, 5.41) is 2.59. The van der Waals surface area contributed by atoms with Crippen molar-refractivity contribution in [3.05, 3.63) is 98.5 Å². The number of hydrogen-bond acceptors (Lipinski definition) is 3. The number of nitrogens with zero attached hydrogens (tertiary/aromatic N) is 1. The van der Waals surface area contributed by atoms with E-state index >= 15 is 0 Å². The Labute approximate surface area is 193 Å². The van der Waals surface area contributed by atoms with Gasteiger partial charge in [-0.2, -0.15) is 0 Å². The van der Waals surface area contributed by atoms with E-state index in [9.17, 15) is 9.59 Å². The molecule has 5 nitrogen and oxygen atoms in total. The lowest BCUT2D eigenvalue weighted by atomic mass is 10.1. The number of rotatable bonds is 5. The van der Waals surface area contributed by atoms with Gasteiger partial charge in [-0.15, -0.1) is 0 Å². The van der Waals surface area contributed by atoms with Gasteiger partial charge in [0.05, 0.1) is 10.7 Å². The molecule has 31 heavy (non-hydrogen) atoms. The molecule has 1 fully saturated rings. The SMILES string of the molecule is O=C1NN(c2ccccc2)C(=O)/C1=C\c1ccc(OCc2ccc(Cl)cc2Cl)c(Cl)c1. The molecular weight excluding hydrogens is 459 g/mol. The van der Waals surface area contributed by atoms with Gasteiger partial charge in [-0.25, -0.2) is 5.01 Å². The summed E-state index contributed by atoms with van der Waals surface area (Å²) in [5.41, 5.74) is 4.51. The first kappa shape index (κ1) is 21.2. The molecule has 2 amide bonds. The van der Waals surface area contributed by atoms with Crippen LogP contribution in [0.4, 0.5) is 5.69 Å². The Morgan fingerprint density at radius 3 is 2.39 bits per heavy atom. The minimum Gasteiger partial charge on any atom is -0.487 e. The Morgan fingerprint density at radius 1 is 0.903 bits per heavy atom. The van der Waals surface area contributed by atoms with Crippen molar-refractivity contribution in [3.63, 3.8) is 0 Å². The second-order valence-corrected chi connectivity index (χ2v) is 7.94. The first-order valence-electron chi connectivity index (χ1n) is 9.21. The lowest BCUT2D eigenvalue weighted by Gasteiger charge is -2.13. The molecule has 156 valence electrons. The van der Waals surface area contributed by atoms with Crippen LogP contribution in [-0.2, 0) is 16.2 Å². The predicted octanol–water partition coefficient (Wildman–Crippen LogP) is 5.69. The number of nitrogens with one attached hydrogen (secondary N) is 1. The van der Waals surface area contributed by atoms with E-state index in [1.165, 1.54) is 11.1 Å². The van der Waals surface area contributed by atoms with Crippen LogP contribution in [0.2, 0.25) is 15.1 Å². The molecule has 4 rings (SSSR count). The molecule has 0 atom stereocenters. The quantitative estimate of drug-likeness (QED) is 0.383. The van der Waals surface area contributed by atoms with E-state index in [0.717, 1.165) is 5.56 Å². The number of hydrazine groups is 1. The zero-order valence-corrected chi connectivity index (χ0v) is 18.2. The van der Waals surface area contributed by atoms with E-state index in [2.05, 4.69) is 5.43 Å². The number of benzene rings is 3. The molecule has 0 saturated carbocycles. The zero-order chi connectivity index (χ0) is 22.0. The van der Waals surface area contributed by atoms with Crippen LogP contribution >= 0.6 is 34.8 Å². The summed E-state index contributed by atoms with van der Waals surface area (Å²) in [5.74, 6) is -0.476. The van der Waals surface area contributed by atoms with Crippen LogP contribution < -0.4 is 15.2 Å². The molecule has 3 aromatic carbocycles. The first-order valence-corrected chi connectivity index (χ1v) is 10.3. The van der Waals surface area contributed by atoms with E-state index in [-0.39, 0.29) is 12.2 Å². The monoisotopic (exact) mass is 472 g/mol. The van der Waals surface area contributed by atoms with Crippen molar-refractivity contribution in [3.8, 4) is 5.75 Å². The molecule has 0 aliphatic carbocycles. The maximum Gasteiger partial charge on any atom is 0.282 e. The van der Waals surface area contributed by atoms with Gasteiger partial charge in [-0.3, -0.25) is 15.0 Å². The molecule has 1 aliphatic heterocycles. The first-order chi connectivity index (χ1) is 14.9. The molecule has 0 radical (unpaired) electrons. The highest BCUT2D eigenvalue weighted by molar-refractivity contribution is 6.35. The van der Waals surface area contributed by atoms with E-state index in [0.29, 0.717) is 32.1 Å². The van der Waals surface area contributed by atoms with E-state index in [1.807, 2.05) is 6.07 Å². The topological polar surface area (TPSA) is 58.6 Å². The van der Waals surface area contributed by atoms with E-state index < -0.39 is 11.8 Å². The lowest BCUT2D eigenvalue weighted by molar-refractivity contribution is -0.117. The second-order valence-electron chi connectivity index (χ2n) is 6.69. The van der Waals surface area contributed by atoms with Gasteiger partial charge in [0, 0.05) is 15.6 Å². The van der Waals surface area contributed by atoms with E-state index in [1.54, 1.807) is 60.7 Å². The van der Waals surface area contributed by atoms with Crippen molar-refractivity contribution >= 4 is 58.4 Å². The lowest BCUT2D eigenvalue weighted by Crippen LogP contribution is -2.35. The van der Waals surface area contributed by atoms with Gasteiger partial charge in [0.15, 0.2) is 0 Å². The van der Waals surface area contributed by atoms with Crippen LogP contribution in [0.5, 0.6) is 5.75 Å². The van der Waals surface area contributed by atoms with Crippen molar-refractivity contribution in [1.29, 1.82) is 0 Å².